The Balaban J connectivity index is 2.09. The minimum atomic E-state index is -0.0540. The quantitative estimate of drug-likeness (QED) is 0.514. The van der Waals surface area contributed by atoms with Crippen LogP contribution in [0.3, 0.4) is 0 Å². The molecular weight excluding hydrogens is 160 g/mol. The van der Waals surface area contributed by atoms with Crippen molar-refractivity contribution >= 4 is 5.90 Å². The Kier molecular flexibility index (Phi) is 1.04. The number of ether oxygens (including phenoxy) is 2. The molecule has 3 heterocycles. The van der Waals surface area contributed by atoms with Gasteiger partial charge in [0, 0.05) is 6.42 Å². The van der Waals surface area contributed by atoms with Gasteiger partial charge in [-0.25, -0.2) is 4.68 Å². The predicted molar refractivity (Wildman–Crippen MR) is 37.4 cm³/mol. The second-order valence-corrected chi connectivity index (χ2v) is 2.65. The Bertz CT molecular complexity index is 345. The lowest BCUT2D eigenvalue weighted by Gasteiger charge is -2.11. The Hall–Kier alpha value is -1.43. The third-order valence-electron chi connectivity index (χ3n) is 1.92. The summed E-state index contributed by atoms with van der Waals surface area (Å²) in [6, 6.07) is 0. The first-order valence-electron chi connectivity index (χ1n) is 3.65. The molecule has 0 radical (unpaired) electrons. The first-order chi connectivity index (χ1) is 5.93. The summed E-state index contributed by atoms with van der Waals surface area (Å²) in [5.41, 5.74) is 0. The van der Waals surface area contributed by atoms with Crippen LogP contribution >= 0.6 is 0 Å². The number of rotatable bonds is 0. The van der Waals surface area contributed by atoms with Crippen LogP contribution < -0.4 is 0 Å². The van der Waals surface area contributed by atoms with E-state index >= 15 is 0 Å². The Morgan fingerprint density at radius 2 is 2.58 bits per heavy atom. The molecule has 0 spiro atoms. The van der Waals surface area contributed by atoms with Crippen molar-refractivity contribution in [3.8, 4) is 0 Å². The largest absolute Gasteiger partial charge is 0.451 e. The highest BCUT2D eigenvalue weighted by atomic mass is 16.7. The third-order valence-corrected chi connectivity index (χ3v) is 1.92. The topological polar surface area (TPSA) is 61.5 Å². The van der Waals surface area contributed by atoms with Gasteiger partial charge in [0.15, 0.2) is 12.6 Å². The fraction of sp³-hybridized carbons (Fsp3) is 0.500. The van der Waals surface area contributed by atoms with Crippen LogP contribution in [-0.4, -0.2) is 33.7 Å². The summed E-state index contributed by atoms with van der Waals surface area (Å²) in [6.45, 7) is 0.293. The van der Waals surface area contributed by atoms with Crippen molar-refractivity contribution in [3.63, 3.8) is 0 Å². The molecule has 0 N–H and O–H groups in total. The van der Waals surface area contributed by atoms with Crippen molar-refractivity contribution < 1.29 is 9.47 Å². The van der Waals surface area contributed by atoms with Crippen LogP contribution in [-0.2, 0) is 15.9 Å². The molecule has 1 aromatic heterocycles. The van der Waals surface area contributed by atoms with Crippen molar-refractivity contribution in [2.75, 3.05) is 6.79 Å². The van der Waals surface area contributed by atoms with E-state index in [0.717, 1.165) is 5.82 Å². The van der Waals surface area contributed by atoms with Gasteiger partial charge in [-0.1, -0.05) is 0 Å². The van der Waals surface area contributed by atoms with E-state index in [1.54, 1.807) is 11.0 Å². The first kappa shape index (κ1) is 6.13. The predicted octanol–water partition coefficient (Wildman–Crippen LogP) is -0.631. The van der Waals surface area contributed by atoms with Gasteiger partial charge in [-0.2, -0.15) is 0 Å². The van der Waals surface area contributed by atoms with Gasteiger partial charge < -0.3 is 9.47 Å². The van der Waals surface area contributed by atoms with Crippen molar-refractivity contribution in [2.24, 2.45) is 5.10 Å². The van der Waals surface area contributed by atoms with E-state index in [9.17, 15) is 0 Å². The molecule has 0 aromatic carbocycles. The van der Waals surface area contributed by atoms with Gasteiger partial charge in [-0.05, 0) is 0 Å². The maximum Gasteiger partial charge on any atom is 0.239 e. The molecule has 0 aliphatic carbocycles. The maximum absolute atomic E-state index is 5.25. The molecule has 1 aromatic rings. The van der Waals surface area contributed by atoms with Gasteiger partial charge in [0.2, 0.25) is 5.90 Å². The van der Waals surface area contributed by atoms with Crippen LogP contribution in [0.1, 0.15) is 5.82 Å². The molecule has 1 atom stereocenters. The number of hydrogen-bond donors (Lipinski definition) is 0. The molecule has 62 valence electrons. The summed E-state index contributed by atoms with van der Waals surface area (Å²) < 4.78 is 12.0. The summed E-state index contributed by atoms with van der Waals surface area (Å²) in [5, 5.41) is 11.7. The standard InChI is InChI=1S/C6H6N4O2/c1-4-6(12-3-11-4)9-10-2-7-8-5(1)10/h2,4H,1,3H2. The molecule has 0 amide bonds. The minimum Gasteiger partial charge on any atom is -0.451 e. The fourth-order valence-electron chi connectivity index (χ4n) is 1.32. The highest BCUT2D eigenvalue weighted by Crippen LogP contribution is 2.17. The molecule has 0 saturated carbocycles. The molecule has 6 heteroatoms. The normalized spacial score (nSPS) is 25.7. The van der Waals surface area contributed by atoms with Crippen LogP contribution in [0.15, 0.2) is 11.4 Å². The van der Waals surface area contributed by atoms with E-state index in [1.807, 2.05) is 0 Å². The van der Waals surface area contributed by atoms with Gasteiger partial charge in [0.05, 0.1) is 0 Å². The molecule has 1 unspecified atom stereocenters. The smallest absolute Gasteiger partial charge is 0.239 e. The van der Waals surface area contributed by atoms with Crippen LogP contribution in [0.4, 0.5) is 0 Å². The average molecular weight is 166 g/mol. The molecule has 12 heavy (non-hydrogen) atoms. The van der Waals surface area contributed by atoms with E-state index in [2.05, 4.69) is 15.3 Å². The molecule has 0 bridgehead atoms. The number of nitrogens with zero attached hydrogens (tertiary/aromatic N) is 4. The fourth-order valence-corrected chi connectivity index (χ4v) is 1.32. The zero-order valence-electron chi connectivity index (χ0n) is 6.17. The van der Waals surface area contributed by atoms with Crippen molar-refractivity contribution in [1.82, 2.24) is 14.9 Å². The monoisotopic (exact) mass is 166 g/mol. The third kappa shape index (κ3) is 0.696. The zero-order valence-corrected chi connectivity index (χ0v) is 6.17. The number of aromatic nitrogens is 3. The highest BCUT2D eigenvalue weighted by Gasteiger charge is 2.31. The van der Waals surface area contributed by atoms with Gasteiger partial charge in [-0.3, -0.25) is 0 Å². The summed E-state index contributed by atoms with van der Waals surface area (Å²) in [7, 11) is 0. The maximum atomic E-state index is 5.25. The Morgan fingerprint density at radius 1 is 1.58 bits per heavy atom. The van der Waals surface area contributed by atoms with E-state index in [4.69, 9.17) is 9.47 Å². The van der Waals surface area contributed by atoms with Crippen LogP contribution in [0.2, 0.25) is 0 Å². The molecule has 1 fully saturated rings. The number of hydrogen-bond acceptors (Lipinski definition) is 5. The lowest BCUT2D eigenvalue weighted by Crippen LogP contribution is -2.26. The minimum absolute atomic E-state index is 0.0540. The SMILES string of the molecule is c1nnc2n1N=C1OCOC1C2. The molecule has 3 rings (SSSR count). The van der Waals surface area contributed by atoms with E-state index in [0.29, 0.717) is 19.1 Å². The lowest BCUT2D eigenvalue weighted by molar-refractivity contribution is 0.0514. The first-order valence-corrected chi connectivity index (χ1v) is 3.65. The van der Waals surface area contributed by atoms with Gasteiger partial charge >= 0.3 is 0 Å². The van der Waals surface area contributed by atoms with Crippen molar-refractivity contribution in [3.05, 3.63) is 12.2 Å². The van der Waals surface area contributed by atoms with Crippen molar-refractivity contribution in [1.29, 1.82) is 0 Å². The molecule has 2 aliphatic rings. The Labute approximate surface area is 67.8 Å². The highest BCUT2D eigenvalue weighted by molar-refractivity contribution is 5.82. The van der Waals surface area contributed by atoms with Crippen molar-refractivity contribution in [2.45, 2.75) is 12.5 Å². The zero-order chi connectivity index (χ0) is 7.97. The molecule has 2 aliphatic heterocycles. The summed E-state index contributed by atoms with van der Waals surface area (Å²) >= 11 is 0. The van der Waals surface area contributed by atoms with E-state index in [-0.39, 0.29) is 6.10 Å². The van der Waals surface area contributed by atoms with Gasteiger partial charge in [0.25, 0.3) is 0 Å². The summed E-state index contributed by atoms with van der Waals surface area (Å²) in [5.74, 6) is 1.44. The number of fused-ring (bicyclic) bond motifs is 2. The van der Waals surface area contributed by atoms with Crippen LogP contribution in [0, 0.1) is 0 Å². The van der Waals surface area contributed by atoms with Crippen LogP contribution in [0.25, 0.3) is 0 Å². The molecule has 1 saturated heterocycles. The Morgan fingerprint density at radius 3 is 3.58 bits per heavy atom. The van der Waals surface area contributed by atoms with E-state index < -0.39 is 0 Å². The van der Waals surface area contributed by atoms with Gasteiger partial charge in [-0.15, -0.1) is 15.3 Å². The second kappa shape index (κ2) is 2.04. The summed E-state index contributed by atoms with van der Waals surface area (Å²) in [4.78, 5) is 0. The molecular formula is C6H6N4O2. The average Bonchev–Trinajstić information content (AvgIpc) is 2.64. The van der Waals surface area contributed by atoms with Crippen LogP contribution in [0.5, 0.6) is 0 Å². The summed E-state index contributed by atoms with van der Waals surface area (Å²) in [6.07, 6.45) is 2.20. The molecule has 6 nitrogen and oxygen atoms in total. The second-order valence-electron chi connectivity index (χ2n) is 2.65. The van der Waals surface area contributed by atoms with Gasteiger partial charge in [0.1, 0.15) is 12.4 Å². The lowest BCUT2D eigenvalue weighted by atomic mass is 10.2. The van der Waals surface area contributed by atoms with E-state index in [1.165, 1.54) is 0 Å².